The number of aliphatic hydroxyl groups is 1. The van der Waals surface area contributed by atoms with E-state index in [-0.39, 0.29) is 5.41 Å². The first-order chi connectivity index (χ1) is 8.65. The molecule has 0 saturated heterocycles. The van der Waals surface area contributed by atoms with E-state index in [1.807, 2.05) is 7.05 Å². The standard InChI is InChI=1S/C16H27NO/c1-17-10-16(18,14-2-3-14)15-7-11-4-12(8-15)6-13(5-11)9-15/h11-14,17-18H,2-10H2,1H3. The molecule has 0 amide bonds. The molecule has 5 fully saturated rings. The lowest BCUT2D eigenvalue weighted by Gasteiger charge is -2.62. The fourth-order valence-electron chi connectivity index (χ4n) is 6.24. The monoisotopic (exact) mass is 249 g/mol. The van der Waals surface area contributed by atoms with E-state index in [2.05, 4.69) is 5.32 Å². The van der Waals surface area contributed by atoms with Crippen LogP contribution in [0, 0.1) is 29.1 Å². The van der Waals surface area contributed by atoms with Crippen molar-refractivity contribution in [3.05, 3.63) is 0 Å². The summed E-state index contributed by atoms with van der Waals surface area (Å²) in [6.45, 7) is 0.823. The summed E-state index contributed by atoms with van der Waals surface area (Å²) in [6, 6.07) is 0. The molecular weight excluding hydrogens is 222 g/mol. The Labute approximate surface area is 111 Å². The molecule has 18 heavy (non-hydrogen) atoms. The molecule has 2 heteroatoms. The van der Waals surface area contributed by atoms with Gasteiger partial charge in [0.15, 0.2) is 0 Å². The van der Waals surface area contributed by atoms with Gasteiger partial charge >= 0.3 is 0 Å². The van der Waals surface area contributed by atoms with E-state index in [1.165, 1.54) is 51.4 Å². The molecule has 0 aromatic carbocycles. The topological polar surface area (TPSA) is 32.3 Å². The van der Waals surface area contributed by atoms with Gasteiger partial charge in [0.2, 0.25) is 0 Å². The van der Waals surface area contributed by atoms with Crippen LogP contribution in [0.5, 0.6) is 0 Å². The van der Waals surface area contributed by atoms with Crippen LogP contribution >= 0.6 is 0 Å². The SMILES string of the molecule is CNCC(O)(C1CC1)C12CC3CC(CC(C3)C1)C2. The average molecular weight is 249 g/mol. The molecule has 2 N–H and O–H groups in total. The Balaban J connectivity index is 1.69. The summed E-state index contributed by atoms with van der Waals surface area (Å²) in [7, 11) is 2.01. The molecule has 0 aliphatic heterocycles. The maximum Gasteiger partial charge on any atom is 0.0855 e. The second kappa shape index (κ2) is 3.73. The van der Waals surface area contributed by atoms with Gasteiger partial charge in [-0.2, -0.15) is 0 Å². The number of nitrogens with one attached hydrogen (secondary N) is 1. The van der Waals surface area contributed by atoms with Crippen LogP contribution in [-0.4, -0.2) is 24.3 Å². The van der Waals surface area contributed by atoms with E-state index in [0.29, 0.717) is 5.92 Å². The van der Waals surface area contributed by atoms with Crippen molar-refractivity contribution in [2.75, 3.05) is 13.6 Å². The fraction of sp³-hybridized carbons (Fsp3) is 1.00. The van der Waals surface area contributed by atoms with E-state index < -0.39 is 5.60 Å². The summed E-state index contributed by atoms with van der Waals surface area (Å²) < 4.78 is 0. The maximum atomic E-state index is 11.5. The molecule has 0 spiro atoms. The van der Waals surface area contributed by atoms with Crippen LogP contribution in [-0.2, 0) is 0 Å². The van der Waals surface area contributed by atoms with Crippen molar-refractivity contribution < 1.29 is 5.11 Å². The van der Waals surface area contributed by atoms with Gasteiger partial charge in [0, 0.05) is 12.0 Å². The fourth-order valence-corrected chi connectivity index (χ4v) is 6.24. The predicted molar refractivity (Wildman–Crippen MR) is 72.2 cm³/mol. The number of hydrogen-bond acceptors (Lipinski definition) is 2. The lowest BCUT2D eigenvalue weighted by Crippen LogP contribution is -2.62. The lowest BCUT2D eigenvalue weighted by molar-refractivity contribution is -0.186. The van der Waals surface area contributed by atoms with E-state index in [0.717, 1.165) is 24.3 Å². The van der Waals surface area contributed by atoms with Crippen molar-refractivity contribution in [3.8, 4) is 0 Å². The molecule has 102 valence electrons. The molecule has 1 unspecified atom stereocenters. The Morgan fingerprint density at radius 1 is 1.06 bits per heavy atom. The summed E-state index contributed by atoms with van der Waals surface area (Å²) in [5, 5.41) is 14.8. The second-order valence-corrected chi connectivity index (χ2v) is 7.93. The van der Waals surface area contributed by atoms with Crippen LogP contribution in [0.4, 0.5) is 0 Å². The molecule has 0 aromatic heterocycles. The van der Waals surface area contributed by atoms with Gasteiger partial charge < -0.3 is 10.4 Å². The Bertz CT molecular complexity index is 314. The highest BCUT2D eigenvalue weighted by Gasteiger charge is 2.63. The molecule has 5 saturated carbocycles. The molecule has 5 aliphatic rings. The zero-order valence-electron chi connectivity index (χ0n) is 11.6. The largest absolute Gasteiger partial charge is 0.388 e. The van der Waals surface area contributed by atoms with Crippen LogP contribution < -0.4 is 5.32 Å². The highest BCUT2D eigenvalue weighted by Crippen LogP contribution is 2.66. The minimum absolute atomic E-state index is 0.284. The molecule has 0 aromatic rings. The number of rotatable bonds is 4. The van der Waals surface area contributed by atoms with E-state index >= 15 is 0 Å². The van der Waals surface area contributed by atoms with Crippen LogP contribution in [0.15, 0.2) is 0 Å². The van der Waals surface area contributed by atoms with Crippen molar-refractivity contribution >= 4 is 0 Å². The van der Waals surface area contributed by atoms with E-state index in [4.69, 9.17) is 0 Å². The van der Waals surface area contributed by atoms with Gasteiger partial charge in [-0.15, -0.1) is 0 Å². The van der Waals surface area contributed by atoms with E-state index in [9.17, 15) is 5.11 Å². The first-order valence-corrected chi connectivity index (χ1v) is 8.02. The van der Waals surface area contributed by atoms with Crippen molar-refractivity contribution in [3.63, 3.8) is 0 Å². The van der Waals surface area contributed by atoms with Crippen LogP contribution in [0.2, 0.25) is 0 Å². The van der Waals surface area contributed by atoms with Gasteiger partial charge in [-0.05, 0) is 82.1 Å². The molecule has 0 heterocycles. The lowest BCUT2D eigenvalue weighted by atomic mass is 9.44. The Morgan fingerprint density at radius 2 is 1.56 bits per heavy atom. The number of likely N-dealkylation sites (N-methyl/N-ethyl adjacent to an activating group) is 1. The minimum atomic E-state index is -0.391. The smallest absolute Gasteiger partial charge is 0.0855 e. The maximum absolute atomic E-state index is 11.5. The summed E-state index contributed by atoms with van der Waals surface area (Å²) in [5.41, 5.74) is -0.107. The third-order valence-corrected chi connectivity index (χ3v) is 6.66. The van der Waals surface area contributed by atoms with Gasteiger partial charge in [-0.25, -0.2) is 0 Å². The van der Waals surface area contributed by atoms with Crippen molar-refractivity contribution in [1.29, 1.82) is 0 Å². The van der Waals surface area contributed by atoms with Crippen molar-refractivity contribution in [1.82, 2.24) is 5.32 Å². The molecule has 0 radical (unpaired) electrons. The highest BCUT2D eigenvalue weighted by atomic mass is 16.3. The first kappa shape index (κ1) is 11.7. The molecule has 2 nitrogen and oxygen atoms in total. The molecular formula is C16H27NO. The zero-order valence-corrected chi connectivity index (χ0v) is 11.6. The summed E-state index contributed by atoms with van der Waals surface area (Å²) in [4.78, 5) is 0. The predicted octanol–water partition coefficient (Wildman–Crippen LogP) is 2.56. The molecule has 5 rings (SSSR count). The van der Waals surface area contributed by atoms with E-state index in [1.54, 1.807) is 0 Å². The Morgan fingerprint density at radius 3 is 1.94 bits per heavy atom. The number of hydrogen-bond donors (Lipinski definition) is 2. The van der Waals surface area contributed by atoms with Crippen molar-refractivity contribution in [2.24, 2.45) is 29.1 Å². The third-order valence-electron chi connectivity index (χ3n) is 6.66. The van der Waals surface area contributed by atoms with Crippen LogP contribution in [0.3, 0.4) is 0 Å². The highest BCUT2D eigenvalue weighted by molar-refractivity contribution is 5.14. The molecule has 4 bridgehead atoms. The molecule has 5 aliphatic carbocycles. The quantitative estimate of drug-likeness (QED) is 0.802. The second-order valence-electron chi connectivity index (χ2n) is 7.93. The first-order valence-electron chi connectivity index (χ1n) is 8.02. The summed E-state index contributed by atoms with van der Waals surface area (Å²) in [6.07, 6.45) is 10.9. The van der Waals surface area contributed by atoms with Gasteiger partial charge in [0.1, 0.15) is 0 Å². The van der Waals surface area contributed by atoms with Gasteiger partial charge in [-0.1, -0.05) is 0 Å². The van der Waals surface area contributed by atoms with Crippen LogP contribution in [0.1, 0.15) is 51.4 Å². The van der Waals surface area contributed by atoms with Crippen LogP contribution in [0.25, 0.3) is 0 Å². The Kier molecular flexibility index (Phi) is 2.43. The molecule has 1 atom stereocenters. The van der Waals surface area contributed by atoms with Crippen molar-refractivity contribution in [2.45, 2.75) is 57.0 Å². The normalized spacial score (nSPS) is 49.3. The van der Waals surface area contributed by atoms with Gasteiger partial charge in [0.05, 0.1) is 5.60 Å². The zero-order chi connectivity index (χ0) is 12.4. The Hall–Kier alpha value is -0.0800. The third kappa shape index (κ3) is 1.48. The average Bonchev–Trinajstić information content (AvgIpc) is 3.10. The summed E-state index contributed by atoms with van der Waals surface area (Å²) >= 11 is 0. The van der Waals surface area contributed by atoms with Gasteiger partial charge in [0.25, 0.3) is 0 Å². The summed E-state index contributed by atoms with van der Waals surface area (Å²) in [5.74, 6) is 3.43. The van der Waals surface area contributed by atoms with Gasteiger partial charge in [-0.3, -0.25) is 0 Å². The minimum Gasteiger partial charge on any atom is -0.388 e.